The molecule has 1 fully saturated rings. The van der Waals surface area contributed by atoms with Crippen LogP contribution in [0.25, 0.3) is 0 Å². The monoisotopic (exact) mass is 373 g/mol. The summed E-state index contributed by atoms with van der Waals surface area (Å²) in [5, 5.41) is 3.52. The molecule has 1 aliphatic rings. The highest BCUT2D eigenvalue weighted by molar-refractivity contribution is 7.90. The van der Waals surface area contributed by atoms with E-state index >= 15 is 0 Å². The average molecular weight is 374 g/mol. The molecule has 1 heterocycles. The van der Waals surface area contributed by atoms with Gasteiger partial charge in [-0.1, -0.05) is 35.3 Å². The molecule has 0 spiro atoms. The normalized spacial score (nSPS) is 16.3. The largest absolute Gasteiger partial charge is 0.360 e. The molecule has 0 unspecified atom stereocenters. The smallest absolute Gasteiger partial charge is 0.216 e. The van der Waals surface area contributed by atoms with Gasteiger partial charge in [0.25, 0.3) is 0 Å². The molecule has 3 rings (SSSR count). The Balaban J connectivity index is 2.00. The number of ketones is 1. The van der Waals surface area contributed by atoms with Crippen LogP contribution >= 0.6 is 23.2 Å². The van der Waals surface area contributed by atoms with Crippen LogP contribution in [0.15, 0.2) is 27.6 Å². The standard InChI is InChI=1S/C15H13Cl2NO4S/c1-15(5-6-15)11-7-9(18-22-11)14(19)8-3-4-10(23(2,20)21)13(17)12(8)16/h3-4,7H,5-6H2,1-2H3. The SMILES string of the molecule is CC1(c2cc(C(=O)c3ccc(S(C)(=O)=O)c(Cl)c3Cl)no2)CC1. The van der Waals surface area contributed by atoms with E-state index < -0.39 is 15.6 Å². The molecule has 0 amide bonds. The van der Waals surface area contributed by atoms with Crippen molar-refractivity contribution in [2.45, 2.75) is 30.1 Å². The van der Waals surface area contributed by atoms with Gasteiger partial charge in [-0.2, -0.15) is 0 Å². The fraction of sp³-hybridized carbons (Fsp3) is 0.333. The minimum Gasteiger partial charge on any atom is -0.360 e. The van der Waals surface area contributed by atoms with E-state index in [9.17, 15) is 13.2 Å². The summed E-state index contributed by atoms with van der Waals surface area (Å²) in [7, 11) is -3.53. The molecule has 2 aromatic rings. The highest BCUT2D eigenvalue weighted by atomic mass is 35.5. The van der Waals surface area contributed by atoms with Crippen molar-refractivity contribution in [2.24, 2.45) is 0 Å². The van der Waals surface area contributed by atoms with Crippen LogP contribution in [0.5, 0.6) is 0 Å². The van der Waals surface area contributed by atoms with E-state index in [2.05, 4.69) is 5.16 Å². The van der Waals surface area contributed by atoms with Crippen LogP contribution in [0, 0.1) is 0 Å². The maximum atomic E-state index is 12.5. The third kappa shape index (κ3) is 2.91. The fourth-order valence-electron chi connectivity index (χ4n) is 2.23. The Morgan fingerprint density at radius 1 is 1.26 bits per heavy atom. The molecule has 23 heavy (non-hydrogen) atoms. The number of rotatable bonds is 4. The number of halogens is 2. The van der Waals surface area contributed by atoms with Crippen LogP contribution in [-0.4, -0.2) is 25.6 Å². The number of carbonyl (C=O) groups excluding carboxylic acids is 1. The Bertz CT molecular complexity index is 914. The Hall–Kier alpha value is -1.37. The predicted molar refractivity (Wildman–Crippen MR) is 86.1 cm³/mol. The molecule has 0 radical (unpaired) electrons. The summed E-state index contributed by atoms with van der Waals surface area (Å²) < 4.78 is 28.5. The van der Waals surface area contributed by atoms with Gasteiger partial charge < -0.3 is 4.52 Å². The van der Waals surface area contributed by atoms with E-state index in [1.807, 2.05) is 6.92 Å². The van der Waals surface area contributed by atoms with Crippen molar-refractivity contribution in [3.05, 3.63) is 45.3 Å². The lowest BCUT2D eigenvalue weighted by molar-refractivity contribution is 0.103. The van der Waals surface area contributed by atoms with Gasteiger partial charge in [-0.25, -0.2) is 8.42 Å². The highest BCUT2D eigenvalue weighted by Crippen LogP contribution is 2.47. The van der Waals surface area contributed by atoms with E-state index in [4.69, 9.17) is 27.7 Å². The number of hydrogen-bond acceptors (Lipinski definition) is 5. The number of nitrogens with zero attached hydrogens (tertiary/aromatic N) is 1. The van der Waals surface area contributed by atoms with Crippen molar-refractivity contribution in [3.63, 3.8) is 0 Å². The Kier molecular flexibility index (Phi) is 3.82. The topological polar surface area (TPSA) is 77.2 Å². The van der Waals surface area contributed by atoms with E-state index in [0.717, 1.165) is 19.1 Å². The van der Waals surface area contributed by atoms with Gasteiger partial charge in [-0.15, -0.1) is 0 Å². The molecular weight excluding hydrogens is 361 g/mol. The summed E-state index contributed by atoms with van der Waals surface area (Å²) in [5.74, 6) is 0.201. The van der Waals surface area contributed by atoms with Gasteiger partial charge in [0.1, 0.15) is 5.76 Å². The van der Waals surface area contributed by atoms with Crippen LogP contribution in [0.1, 0.15) is 41.6 Å². The summed E-state index contributed by atoms with van der Waals surface area (Å²) in [6.07, 6.45) is 3.00. The lowest BCUT2D eigenvalue weighted by Crippen LogP contribution is -2.06. The van der Waals surface area contributed by atoms with Gasteiger partial charge >= 0.3 is 0 Å². The van der Waals surface area contributed by atoms with E-state index in [1.165, 1.54) is 12.1 Å². The third-order valence-electron chi connectivity index (χ3n) is 4.03. The zero-order valence-electron chi connectivity index (χ0n) is 12.4. The average Bonchev–Trinajstić information content (AvgIpc) is 3.02. The van der Waals surface area contributed by atoms with Crippen LogP contribution < -0.4 is 0 Å². The summed E-state index contributed by atoms with van der Waals surface area (Å²) in [6, 6.07) is 4.20. The molecule has 0 N–H and O–H groups in total. The molecule has 1 aromatic carbocycles. The van der Waals surface area contributed by atoms with Gasteiger partial charge in [-0.3, -0.25) is 4.79 Å². The molecule has 1 aliphatic carbocycles. The van der Waals surface area contributed by atoms with Gasteiger partial charge in [0, 0.05) is 23.3 Å². The lowest BCUT2D eigenvalue weighted by Gasteiger charge is -2.07. The first-order valence-electron chi connectivity index (χ1n) is 6.83. The summed E-state index contributed by atoms with van der Waals surface area (Å²) in [4.78, 5) is 12.4. The summed E-state index contributed by atoms with van der Waals surface area (Å²) in [6.45, 7) is 2.03. The summed E-state index contributed by atoms with van der Waals surface area (Å²) in [5.41, 5.74) is 0.163. The van der Waals surface area contributed by atoms with Crippen molar-refractivity contribution in [1.29, 1.82) is 0 Å². The van der Waals surface area contributed by atoms with Gasteiger partial charge in [0.05, 0.1) is 14.9 Å². The van der Waals surface area contributed by atoms with Crippen molar-refractivity contribution in [3.8, 4) is 0 Å². The van der Waals surface area contributed by atoms with Crippen LogP contribution in [0.2, 0.25) is 10.0 Å². The van der Waals surface area contributed by atoms with Crippen molar-refractivity contribution < 1.29 is 17.7 Å². The molecule has 5 nitrogen and oxygen atoms in total. The first kappa shape index (κ1) is 16.5. The molecule has 1 aromatic heterocycles. The third-order valence-corrected chi connectivity index (χ3v) is 6.16. The number of hydrogen-bond donors (Lipinski definition) is 0. The first-order chi connectivity index (χ1) is 10.6. The van der Waals surface area contributed by atoms with Gasteiger partial charge in [0.2, 0.25) is 5.78 Å². The molecule has 0 atom stereocenters. The fourth-order valence-corrected chi connectivity index (χ4v) is 3.87. The molecule has 8 heteroatoms. The van der Waals surface area contributed by atoms with Crippen molar-refractivity contribution in [2.75, 3.05) is 6.26 Å². The molecule has 0 bridgehead atoms. The molecule has 0 saturated heterocycles. The Morgan fingerprint density at radius 3 is 2.48 bits per heavy atom. The summed E-state index contributed by atoms with van der Waals surface area (Å²) >= 11 is 12.1. The number of benzene rings is 1. The second-order valence-corrected chi connectivity index (χ2v) is 8.72. The quantitative estimate of drug-likeness (QED) is 0.764. The zero-order valence-corrected chi connectivity index (χ0v) is 14.7. The van der Waals surface area contributed by atoms with Crippen LogP contribution in [-0.2, 0) is 15.3 Å². The second kappa shape index (κ2) is 5.33. The minimum absolute atomic E-state index is 0.0485. The lowest BCUT2D eigenvalue weighted by atomic mass is 10.0. The zero-order chi connectivity index (χ0) is 17.0. The molecule has 122 valence electrons. The number of aromatic nitrogens is 1. The van der Waals surface area contributed by atoms with Gasteiger partial charge in [0.15, 0.2) is 15.5 Å². The molecular formula is C15H13Cl2NO4S. The van der Waals surface area contributed by atoms with E-state index in [1.54, 1.807) is 6.07 Å². The highest BCUT2D eigenvalue weighted by Gasteiger charge is 2.43. The van der Waals surface area contributed by atoms with E-state index in [-0.39, 0.29) is 31.6 Å². The second-order valence-electron chi connectivity index (χ2n) is 5.98. The maximum absolute atomic E-state index is 12.5. The maximum Gasteiger partial charge on any atom is 0.216 e. The van der Waals surface area contributed by atoms with Crippen LogP contribution in [0.4, 0.5) is 0 Å². The number of sulfone groups is 1. The van der Waals surface area contributed by atoms with E-state index in [0.29, 0.717) is 5.76 Å². The van der Waals surface area contributed by atoms with Crippen molar-refractivity contribution in [1.82, 2.24) is 5.16 Å². The van der Waals surface area contributed by atoms with Crippen LogP contribution in [0.3, 0.4) is 0 Å². The molecule has 1 saturated carbocycles. The van der Waals surface area contributed by atoms with Gasteiger partial charge in [-0.05, 0) is 25.0 Å². The first-order valence-corrected chi connectivity index (χ1v) is 9.48. The number of carbonyl (C=O) groups is 1. The van der Waals surface area contributed by atoms with Crippen molar-refractivity contribution >= 4 is 38.8 Å². The minimum atomic E-state index is -3.53. The Labute approximate surface area is 143 Å². The molecule has 0 aliphatic heterocycles. The predicted octanol–water partition coefficient (Wildman–Crippen LogP) is 3.67. The Morgan fingerprint density at radius 2 is 1.91 bits per heavy atom.